The van der Waals surface area contributed by atoms with E-state index in [0.717, 1.165) is 44.1 Å². The molecule has 1 aliphatic heterocycles. The topological polar surface area (TPSA) is 38.8 Å². The maximum absolute atomic E-state index is 11.1. The van der Waals surface area contributed by atoms with Crippen molar-refractivity contribution in [1.82, 2.24) is 0 Å². The molecule has 1 saturated heterocycles. The van der Waals surface area contributed by atoms with Crippen molar-refractivity contribution in [2.45, 2.75) is 77.9 Å². The first-order chi connectivity index (χ1) is 9.95. The Morgan fingerprint density at radius 1 is 1.33 bits per heavy atom. The van der Waals surface area contributed by atoms with Crippen LogP contribution in [0.1, 0.15) is 66.2 Å². The number of epoxide rings is 1. The van der Waals surface area contributed by atoms with Gasteiger partial charge in [0.05, 0.1) is 18.8 Å². The first-order valence-electron chi connectivity index (χ1n) is 8.06. The highest BCUT2D eigenvalue weighted by molar-refractivity contribution is 5.82. The second kappa shape index (κ2) is 8.38. The summed E-state index contributed by atoms with van der Waals surface area (Å²) < 4.78 is 10.4. The summed E-state index contributed by atoms with van der Waals surface area (Å²) in [7, 11) is 1.41. The van der Waals surface area contributed by atoms with Gasteiger partial charge in [-0.2, -0.15) is 0 Å². The van der Waals surface area contributed by atoms with Crippen LogP contribution in [0.25, 0.3) is 0 Å². The molecule has 120 valence electrons. The Morgan fingerprint density at radius 2 is 2.05 bits per heavy atom. The number of ether oxygens (including phenoxy) is 2. The van der Waals surface area contributed by atoms with Gasteiger partial charge in [0.25, 0.3) is 0 Å². The zero-order chi connectivity index (χ0) is 15.9. The highest BCUT2D eigenvalue weighted by Crippen LogP contribution is 2.42. The Balaban J connectivity index is 2.32. The van der Waals surface area contributed by atoms with E-state index in [1.165, 1.54) is 12.7 Å². The Morgan fingerprint density at radius 3 is 2.57 bits per heavy atom. The highest BCUT2D eigenvalue weighted by atomic mass is 16.6. The third-order valence-electron chi connectivity index (χ3n) is 4.46. The van der Waals surface area contributed by atoms with Crippen molar-refractivity contribution >= 4 is 5.97 Å². The first-order valence-corrected chi connectivity index (χ1v) is 8.06. The summed E-state index contributed by atoms with van der Waals surface area (Å²) in [4.78, 5) is 11.1. The number of hydrogen-bond acceptors (Lipinski definition) is 3. The first kappa shape index (κ1) is 18.0. The molecule has 1 fully saturated rings. The molecule has 0 spiro atoms. The standard InChI is InChI=1S/C18H30O3/c1-6-15(11-12-16-18(4,7-2)21-16)10-8-9-14(3)13-17(19)20-5/h10,13,16H,6-9,11-12H2,1-5H3/t16-,18-/m0/s1. The van der Waals surface area contributed by atoms with Gasteiger partial charge in [-0.3, -0.25) is 0 Å². The molecule has 3 nitrogen and oxygen atoms in total. The maximum atomic E-state index is 11.1. The molecule has 2 atom stereocenters. The van der Waals surface area contributed by atoms with Crippen LogP contribution in [0.15, 0.2) is 23.3 Å². The van der Waals surface area contributed by atoms with E-state index in [-0.39, 0.29) is 11.6 Å². The third-order valence-corrected chi connectivity index (χ3v) is 4.46. The Hall–Kier alpha value is -1.09. The Labute approximate surface area is 129 Å². The van der Waals surface area contributed by atoms with Crippen molar-refractivity contribution in [3.63, 3.8) is 0 Å². The monoisotopic (exact) mass is 294 g/mol. The van der Waals surface area contributed by atoms with E-state index in [9.17, 15) is 4.79 Å². The minimum atomic E-state index is -0.267. The zero-order valence-electron chi connectivity index (χ0n) is 14.2. The summed E-state index contributed by atoms with van der Waals surface area (Å²) in [5.41, 5.74) is 2.70. The van der Waals surface area contributed by atoms with Gasteiger partial charge in [0, 0.05) is 6.08 Å². The SMILES string of the molecule is CCC(=CCCC(C)=CC(=O)OC)CC[C@@H]1O[C@@]1(C)CC. The van der Waals surface area contributed by atoms with Gasteiger partial charge in [-0.05, 0) is 52.4 Å². The average Bonchev–Trinajstić information content (AvgIpc) is 3.13. The summed E-state index contributed by atoms with van der Waals surface area (Å²) in [6.07, 6.45) is 10.7. The van der Waals surface area contributed by atoms with E-state index in [1.807, 2.05) is 6.92 Å². The summed E-state index contributed by atoms with van der Waals surface area (Å²) in [5.74, 6) is -0.267. The zero-order valence-corrected chi connectivity index (χ0v) is 14.2. The molecule has 0 aliphatic carbocycles. The smallest absolute Gasteiger partial charge is 0.330 e. The lowest BCUT2D eigenvalue weighted by Gasteiger charge is -2.05. The molecule has 0 N–H and O–H groups in total. The van der Waals surface area contributed by atoms with Gasteiger partial charge >= 0.3 is 5.97 Å². The van der Waals surface area contributed by atoms with Crippen molar-refractivity contribution in [3.05, 3.63) is 23.3 Å². The van der Waals surface area contributed by atoms with Crippen LogP contribution in [0.5, 0.6) is 0 Å². The van der Waals surface area contributed by atoms with Gasteiger partial charge in [-0.25, -0.2) is 4.79 Å². The van der Waals surface area contributed by atoms with Crippen molar-refractivity contribution in [2.75, 3.05) is 7.11 Å². The molecule has 0 aromatic carbocycles. The number of esters is 1. The van der Waals surface area contributed by atoms with Crippen molar-refractivity contribution in [3.8, 4) is 0 Å². The van der Waals surface area contributed by atoms with Crippen LogP contribution in [-0.4, -0.2) is 24.8 Å². The molecule has 0 bridgehead atoms. The maximum Gasteiger partial charge on any atom is 0.330 e. The molecule has 0 aromatic heterocycles. The fourth-order valence-electron chi connectivity index (χ4n) is 2.54. The van der Waals surface area contributed by atoms with E-state index in [0.29, 0.717) is 6.10 Å². The van der Waals surface area contributed by atoms with Crippen LogP contribution in [0, 0.1) is 0 Å². The second-order valence-electron chi connectivity index (χ2n) is 6.08. The highest BCUT2D eigenvalue weighted by Gasteiger charge is 2.49. The van der Waals surface area contributed by atoms with E-state index >= 15 is 0 Å². The number of carbonyl (C=O) groups excluding carboxylic acids is 1. The molecule has 21 heavy (non-hydrogen) atoms. The van der Waals surface area contributed by atoms with Gasteiger partial charge in [0.1, 0.15) is 0 Å². The minimum Gasteiger partial charge on any atom is -0.466 e. The molecule has 0 amide bonds. The normalized spacial score (nSPS) is 25.9. The summed E-state index contributed by atoms with van der Waals surface area (Å²) >= 11 is 0. The van der Waals surface area contributed by atoms with Gasteiger partial charge in [0.15, 0.2) is 0 Å². The van der Waals surface area contributed by atoms with Gasteiger partial charge in [-0.15, -0.1) is 0 Å². The molecular formula is C18H30O3. The lowest BCUT2D eigenvalue weighted by atomic mass is 9.97. The quantitative estimate of drug-likeness (QED) is 0.270. The van der Waals surface area contributed by atoms with Crippen LogP contribution >= 0.6 is 0 Å². The molecule has 0 radical (unpaired) electrons. The fraction of sp³-hybridized carbons (Fsp3) is 0.722. The summed E-state index contributed by atoms with van der Waals surface area (Å²) in [6.45, 7) is 8.57. The predicted molar refractivity (Wildman–Crippen MR) is 86.2 cm³/mol. The van der Waals surface area contributed by atoms with Gasteiger partial charge in [-0.1, -0.05) is 31.1 Å². The van der Waals surface area contributed by atoms with Crippen LogP contribution in [0.3, 0.4) is 0 Å². The summed E-state index contributed by atoms with van der Waals surface area (Å²) in [5, 5.41) is 0. The fourth-order valence-corrected chi connectivity index (χ4v) is 2.54. The number of carbonyl (C=O) groups is 1. The van der Waals surface area contributed by atoms with Crippen LogP contribution in [-0.2, 0) is 14.3 Å². The Kier molecular flexibility index (Phi) is 7.16. The van der Waals surface area contributed by atoms with E-state index < -0.39 is 0 Å². The second-order valence-corrected chi connectivity index (χ2v) is 6.08. The van der Waals surface area contributed by atoms with Crippen LogP contribution < -0.4 is 0 Å². The van der Waals surface area contributed by atoms with Crippen molar-refractivity contribution in [1.29, 1.82) is 0 Å². The number of hydrogen-bond donors (Lipinski definition) is 0. The summed E-state index contributed by atoms with van der Waals surface area (Å²) in [6, 6.07) is 0. The molecule has 1 aliphatic rings. The lowest BCUT2D eigenvalue weighted by molar-refractivity contribution is -0.134. The van der Waals surface area contributed by atoms with E-state index in [4.69, 9.17) is 4.74 Å². The van der Waals surface area contributed by atoms with Gasteiger partial charge < -0.3 is 9.47 Å². The molecule has 0 unspecified atom stereocenters. The lowest BCUT2D eigenvalue weighted by Crippen LogP contribution is -2.07. The largest absolute Gasteiger partial charge is 0.466 e. The molecular weight excluding hydrogens is 264 g/mol. The third kappa shape index (κ3) is 6.04. The molecule has 1 rings (SSSR count). The van der Waals surface area contributed by atoms with Crippen molar-refractivity contribution in [2.24, 2.45) is 0 Å². The average molecular weight is 294 g/mol. The van der Waals surface area contributed by atoms with E-state index in [1.54, 1.807) is 6.08 Å². The van der Waals surface area contributed by atoms with Gasteiger partial charge in [0.2, 0.25) is 0 Å². The number of allylic oxidation sites excluding steroid dienone is 3. The predicted octanol–water partition coefficient (Wildman–Crippen LogP) is 4.57. The molecule has 3 heteroatoms. The van der Waals surface area contributed by atoms with Crippen LogP contribution in [0.2, 0.25) is 0 Å². The van der Waals surface area contributed by atoms with Crippen molar-refractivity contribution < 1.29 is 14.3 Å². The number of methoxy groups -OCH3 is 1. The van der Waals surface area contributed by atoms with E-state index in [2.05, 4.69) is 31.6 Å². The number of rotatable bonds is 9. The Bertz CT molecular complexity index is 409. The molecule has 0 aromatic rings. The molecule has 1 heterocycles. The van der Waals surface area contributed by atoms with Crippen LogP contribution in [0.4, 0.5) is 0 Å². The molecule has 0 saturated carbocycles. The minimum absolute atomic E-state index is 0.138.